The Balaban J connectivity index is 2.00. The summed E-state index contributed by atoms with van der Waals surface area (Å²) in [6, 6.07) is 3.71. The Morgan fingerprint density at radius 2 is 2.04 bits per heavy atom. The van der Waals surface area contributed by atoms with Crippen LogP contribution in [0.3, 0.4) is 0 Å². The third-order valence-corrected chi connectivity index (χ3v) is 3.93. The fraction of sp³-hybridized carbons (Fsp3) is 0.357. The maximum absolute atomic E-state index is 11.7. The summed E-state index contributed by atoms with van der Waals surface area (Å²) in [5.74, 6) is 0.120. The van der Waals surface area contributed by atoms with Crippen molar-refractivity contribution in [3.63, 3.8) is 0 Å². The molecule has 0 aromatic carbocycles. The van der Waals surface area contributed by atoms with E-state index in [9.17, 15) is 9.59 Å². The van der Waals surface area contributed by atoms with Crippen LogP contribution < -0.4 is 5.32 Å². The van der Waals surface area contributed by atoms with E-state index in [4.69, 9.17) is 0 Å². The van der Waals surface area contributed by atoms with E-state index in [1.54, 1.807) is 12.4 Å². The molecule has 2 aromatic rings. The maximum Gasteiger partial charge on any atom is 0.325 e. The molecule has 2 aromatic heterocycles. The van der Waals surface area contributed by atoms with Crippen molar-refractivity contribution in [3.8, 4) is 11.4 Å². The number of rotatable bonds is 7. The number of nitrogens with one attached hydrogen (secondary N) is 1. The number of methoxy groups -OCH3 is 1. The second-order valence-corrected chi connectivity index (χ2v) is 5.37. The number of aromatic nitrogens is 4. The monoisotopic (exact) mass is 335 g/mol. The van der Waals surface area contributed by atoms with Crippen LogP contribution in [0.25, 0.3) is 11.4 Å². The Morgan fingerprint density at radius 1 is 1.30 bits per heavy atom. The second-order valence-electron chi connectivity index (χ2n) is 4.43. The zero-order chi connectivity index (χ0) is 16.7. The molecule has 2 rings (SSSR count). The molecule has 0 spiro atoms. The summed E-state index contributed by atoms with van der Waals surface area (Å²) in [7, 11) is 1.27. The first kappa shape index (κ1) is 16.9. The number of thioether (sulfide) groups is 1. The Bertz CT molecular complexity index is 674. The van der Waals surface area contributed by atoms with Crippen LogP contribution in [0.5, 0.6) is 0 Å². The molecule has 8 nitrogen and oxygen atoms in total. The van der Waals surface area contributed by atoms with Gasteiger partial charge in [-0.1, -0.05) is 11.8 Å². The van der Waals surface area contributed by atoms with Gasteiger partial charge >= 0.3 is 5.97 Å². The van der Waals surface area contributed by atoms with Crippen molar-refractivity contribution in [3.05, 3.63) is 24.5 Å². The number of nitrogens with zero attached hydrogens (tertiary/aromatic N) is 4. The van der Waals surface area contributed by atoms with Crippen molar-refractivity contribution in [2.24, 2.45) is 0 Å². The van der Waals surface area contributed by atoms with E-state index < -0.39 is 5.97 Å². The second kappa shape index (κ2) is 8.28. The molecular weight excluding hydrogens is 318 g/mol. The number of carbonyl (C=O) groups is 2. The van der Waals surface area contributed by atoms with Gasteiger partial charge in [0.05, 0.1) is 12.9 Å². The van der Waals surface area contributed by atoms with Gasteiger partial charge in [0, 0.05) is 24.5 Å². The van der Waals surface area contributed by atoms with Crippen LogP contribution >= 0.6 is 11.8 Å². The highest BCUT2D eigenvalue weighted by molar-refractivity contribution is 7.99. The standard InChI is InChI=1S/C14H17N5O3S/c1-3-19-13(10-4-6-15-7-5-10)17-18-14(19)23-9-11(20)16-8-12(21)22-2/h4-7H,3,8-9H2,1-2H3,(H,16,20). The van der Waals surface area contributed by atoms with E-state index >= 15 is 0 Å². The molecule has 0 saturated carbocycles. The number of pyridine rings is 1. The van der Waals surface area contributed by atoms with Gasteiger partial charge in [-0.15, -0.1) is 10.2 Å². The quantitative estimate of drug-likeness (QED) is 0.588. The van der Waals surface area contributed by atoms with Crippen LogP contribution in [0, 0.1) is 0 Å². The Labute approximate surface area is 137 Å². The molecule has 0 aliphatic rings. The van der Waals surface area contributed by atoms with Crippen molar-refractivity contribution in [1.82, 2.24) is 25.1 Å². The lowest BCUT2D eigenvalue weighted by Crippen LogP contribution is -2.31. The average Bonchev–Trinajstić information content (AvgIpc) is 3.01. The van der Waals surface area contributed by atoms with E-state index in [0.29, 0.717) is 11.7 Å². The van der Waals surface area contributed by atoms with Gasteiger partial charge in [-0.05, 0) is 19.1 Å². The Kier molecular flexibility index (Phi) is 6.10. The van der Waals surface area contributed by atoms with Gasteiger partial charge in [-0.3, -0.25) is 14.6 Å². The van der Waals surface area contributed by atoms with Gasteiger partial charge in [0.1, 0.15) is 6.54 Å². The number of ether oxygens (including phenoxy) is 1. The highest BCUT2D eigenvalue weighted by Gasteiger charge is 2.14. The molecule has 0 aliphatic heterocycles. The van der Waals surface area contributed by atoms with Crippen LogP contribution in [-0.4, -0.2) is 51.0 Å². The third kappa shape index (κ3) is 4.52. The average molecular weight is 335 g/mol. The van der Waals surface area contributed by atoms with Crippen molar-refractivity contribution in [1.29, 1.82) is 0 Å². The fourth-order valence-electron chi connectivity index (χ4n) is 1.82. The Morgan fingerprint density at radius 3 is 2.70 bits per heavy atom. The van der Waals surface area contributed by atoms with Gasteiger partial charge in [0.2, 0.25) is 5.91 Å². The highest BCUT2D eigenvalue weighted by atomic mass is 32.2. The minimum absolute atomic E-state index is 0.140. The lowest BCUT2D eigenvalue weighted by molar-refractivity contribution is -0.140. The van der Waals surface area contributed by atoms with Crippen LogP contribution in [0.4, 0.5) is 0 Å². The number of amides is 1. The molecule has 2 heterocycles. The summed E-state index contributed by atoms with van der Waals surface area (Å²) in [4.78, 5) is 26.7. The number of esters is 1. The van der Waals surface area contributed by atoms with Gasteiger partial charge in [-0.2, -0.15) is 0 Å². The summed E-state index contributed by atoms with van der Waals surface area (Å²) in [6.07, 6.45) is 3.38. The number of hydrogen-bond donors (Lipinski definition) is 1. The molecule has 0 fully saturated rings. The van der Waals surface area contributed by atoms with Gasteiger partial charge in [0.25, 0.3) is 0 Å². The van der Waals surface area contributed by atoms with Crippen LogP contribution in [0.15, 0.2) is 29.7 Å². The molecule has 23 heavy (non-hydrogen) atoms. The van der Waals surface area contributed by atoms with Gasteiger partial charge in [-0.25, -0.2) is 0 Å². The summed E-state index contributed by atoms with van der Waals surface area (Å²) < 4.78 is 6.38. The topological polar surface area (TPSA) is 99.0 Å². The number of carbonyl (C=O) groups excluding carboxylic acids is 2. The van der Waals surface area contributed by atoms with E-state index in [1.165, 1.54) is 18.9 Å². The van der Waals surface area contributed by atoms with Crippen LogP contribution in [0.1, 0.15) is 6.92 Å². The molecule has 0 unspecified atom stereocenters. The first-order chi connectivity index (χ1) is 11.2. The van der Waals surface area contributed by atoms with Crippen molar-refractivity contribution >= 4 is 23.6 Å². The first-order valence-electron chi connectivity index (χ1n) is 6.95. The minimum Gasteiger partial charge on any atom is -0.468 e. The van der Waals surface area contributed by atoms with E-state index in [0.717, 1.165) is 11.4 Å². The predicted molar refractivity (Wildman–Crippen MR) is 84.7 cm³/mol. The summed E-state index contributed by atoms with van der Waals surface area (Å²) in [6.45, 7) is 2.52. The molecule has 0 saturated heterocycles. The highest BCUT2D eigenvalue weighted by Crippen LogP contribution is 2.23. The zero-order valence-corrected chi connectivity index (χ0v) is 13.7. The van der Waals surface area contributed by atoms with E-state index in [1.807, 2.05) is 23.6 Å². The first-order valence-corrected chi connectivity index (χ1v) is 7.94. The van der Waals surface area contributed by atoms with Gasteiger partial charge < -0.3 is 14.6 Å². The normalized spacial score (nSPS) is 10.3. The van der Waals surface area contributed by atoms with Crippen LogP contribution in [-0.2, 0) is 20.9 Å². The molecule has 0 atom stereocenters. The van der Waals surface area contributed by atoms with E-state index in [-0.39, 0.29) is 18.2 Å². The van der Waals surface area contributed by atoms with Gasteiger partial charge in [0.15, 0.2) is 11.0 Å². The maximum atomic E-state index is 11.7. The Hall–Kier alpha value is -2.42. The third-order valence-electron chi connectivity index (χ3n) is 2.96. The largest absolute Gasteiger partial charge is 0.468 e. The summed E-state index contributed by atoms with van der Waals surface area (Å²) in [5, 5.41) is 11.4. The lowest BCUT2D eigenvalue weighted by atomic mass is 10.2. The number of hydrogen-bond acceptors (Lipinski definition) is 7. The van der Waals surface area contributed by atoms with Crippen molar-refractivity contribution < 1.29 is 14.3 Å². The molecule has 122 valence electrons. The molecule has 0 radical (unpaired) electrons. The minimum atomic E-state index is -0.486. The summed E-state index contributed by atoms with van der Waals surface area (Å²) >= 11 is 1.26. The molecule has 1 amide bonds. The zero-order valence-electron chi connectivity index (χ0n) is 12.9. The lowest BCUT2D eigenvalue weighted by Gasteiger charge is -2.07. The molecule has 0 bridgehead atoms. The van der Waals surface area contributed by atoms with Crippen molar-refractivity contribution in [2.75, 3.05) is 19.4 Å². The molecule has 1 N–H and O–H groups in total. The van der Waals surface area contributed by atoms with Crippen LogP contribution in [0.2, 0.25) is 0 Å². The summed E-state index contributed by atoms with van der Waals surface area (Å²) in [5.41, 5.74) is 0.913. The van der Waals surface area contributed by atoms with Crippen molar-refractivity contribution in [2.45, 2.75) is 18.6 Å². The molecule has 0 aliphatic carbocycles. The van der Waals surface area contributed by atoms with E-state index in [2.05, 4.69) is 25.2 Å². The fourth-order valence-corrected chi connectivity index (χ4v) is 2.65. The molecule has 9 heteroatoms. The predicted octanol–water partition coefficient (Wildman–Crippen LogP) is 0.741. The molecular formula is C14H17N5O3S. The smallest absolute Gasteiger partial charge is 0.325 e. The SMILES string of the molecule is CCn1c(SCC(=O)NCC(=O)OC)nnc1-c1ccncc1.